The molecule has 1 aromatic carbocycles. The summed E-state index contributed by atoms with van der Waals surface area (Å²) in [6.45, 7) is 6.16. The third kappa shape index (κ3) is 3.37. The van der Waals surface area contributed by atoms with E-state index in [9.17, 15) is 4.39 Å². The summed E-state index contributed by atoms with van der Waals surface area (Å²) in [6, 6.07) is 7.18. The smallest absolute Gasteiger partial charge is 0.149 e. The summed E-state index contributed by atoms with van der Waals surface area (Å²) in [6.07, 6.45) is 1.13. The minimum absolute atomic E-state index is 0.166. The number of benzene rings is 1. The average molecular weight is 357 g/mol. The highest BCUT2D eigenvalue weighted by molar-refractivity contribution is 7.09. The summed E-state index contributed by atoms with van der Waals surface area (Å²) in [7, 11) is 0. The fraction of sp³-hybridized carbons (Fsp3) is 0.368. The Morgan fingerprint density at radius 2 is 2.20 bits per heavy atom. The van der Waals surface area contributed by atoms with Crippen molar-refractivity contribution in [2.24, 2.45) is 0 Å². The molecule has 1 aliphatic rings. The Balaban J connectivity index is 1.52. The van der Waals surface area contributed by atoms with Gasteiger partial charge in [-0.2, -0.15) is 0 Å². The minimum atomic E-state index is -0.270. The van der Waals surface area contributed by atoms with Crippen LogP contribution in [-0.4, -0.2) is 29.2 Å². The number of rotatable bonds is 4. The highest BCUT2D eigenvalue weighted by Gasteiger charge is 2.25. The van der Waals surface area contributed by atoms with Crippen molar-refractivity contribution in [2.45, 2.75) is 33.0 Å². The van der Waals surface area contributed by atoms with Gasteiger partial charge in [-0.05, 0) is 32.4 Å². The first kappa shape index (κ1) is 16.4. The lowest BCUT2D eigenvalue weighted by Gasteiger charge is -2.21. The lowest BCUT2D eigenvalue weighted by atomic mass is 10.1. The second-order valence-corrected chi connectivity index (χ2v) is 7.51. The van der Waals surface area contributed by atoms with Crippen molar-refractivity contribution in [1.82, 2.24) is 9.97 Å². The van der Waals surface area contributed by atoms with Crippen molar-refractivity contribution in [2.75, 3.05) is 18.0 Å². The molecule has 1 aliphatic heterocycles. The fourth-order valence-corrected chi connectivity index (χ4v) is 3.94. The number of aryl methyl sites for hydroxylation is 2. The van der Waals surface area contributed by atoms with Crippen molar-refractivity contribution < 1.29 is 9.13 Å². The number of thiazole rings is 1. The van der Waals surface area contributed by atoms with E-state index < -0.39 is 0 Å². The number of aromatic nitrogens is 2. The van der Waals surface area contributed by atoms with Gasteiger partial charge in [-0.15, -0.1) is 11.3 Å². The van der Waals surface area contributed by atoms with E-state index in [0.717, 1.165) is 47.0 Å². The van der Waals surface area contributed by atoms with Gasteiger partial charge >= 0.3 is 0 Å². The molecule has 25 heavy (non-hydrogen) atoms. The molecular formula is C19H20FN3OS. The molecule has 0 bridgehead atoms. The maximum atomic E-state index is 14.1. The molecule has 1 fully saturated rings. The Kier molecular flexibility index (Phi) is 4.39. The van der Waals surface area contributed by atoms with E-state index in [4.69, 9.17) is 4.74 Å². The Morgan fingerprint density at radius 3 is 3.00 bits per heavy atom. The molecule has 0 N–H and O–H groups in total. The predicted molar refractivity (Wildman–Crippen MR) is 98.7 cm³/mol. The molecule has 4 nitrogen and oxygen atoms in total. The summed E-state index contributed by atoms with van der Waals surface area (Å²) in [5, 5.41) is 3.97. The van der Waals surface area contributed by atoms with Crippen LogP contribution in [0.25, 0.3) is 10.9 Å². The number of hydrogen-bond donors (Lipinski definition) is 0. The third-order valence-electron chi connectivity index (χ3n) is 4.52. The molecule has 0 radical (unpaired) electrons. The molecule has 3 aromatic rings. The Bertz CT molecular complexity index is 911. The van der Waals surface area contributed by atoms with Gasteiger partial charge in [0.1, 0.15) is 11.3 Å². The molecule has 1 atom stereocenters. The van der Waals surface area contributed by atoms with Crippen molar-refractivity contribution in [1.29, 1.82) is 0 Å². The van der Waals surface area contributed by atoms with E-state index >= 15 is 0 Å². The summed E-state index contributed by atoms with van der Waals surface area (Å²) in [5.41, 5.74) is 3.31. The Morgan fingerprint density at radius 1 is 1.32 bits per heavy atom. The van der Waals surface area contributed by atoms with E-state index in [2.05, 4.69) is 14.9 Å². The summed E-state index contributed by atoms with van der Waals surface area (Å²) < 4.78 is 20.1. The number of fused-ring (bicyclic) bond motifs is 1. The van der Waals surface area contributed by atoms with E-state index in [0.29, 0.717) is 12.1 Å². The molecule has 130 valence electrons. The largest absolute Gasteiger partial charge is 0.370 e. The van der Waals surface area contributed by atoms with Gasteiger partial charge in [0.25, 0.3) is 0 Å². The van der Waals surface area contributed by atoms with Crippen LogP contribution in [0.15, 0.2) is 29.6 Å². The molecular weight excluding hydrogens is 337 g/mol. The van der Waals surface area contributed by atoms with Gasteiger partial charge < -0.3 is 9.64 Å². The van der Waals surface area contributed by atoms with Crippen molar-refractivity contribution in [3.8, 4) is 0 Å². The summed E-state index contributed by atoms with van der Waals surface area (Å²) >= 11 is 1.64. The van der Waals surface area contributed by atoms with Crippen molar-refractivity contribution >= 4 is 27.9 Å². The van der Waals surface area contributed by atoms with Gasteiger partial charge in [-0.1, -0.05) is 12.1 Å². The third-order valence-corrected chi connectivity index (χ3v) is 5.34. The molecule has 4 rings (SSSR count). The normalized spacial score (nSPS) is 17.6. The van der Waals surface area contributed by atoms with Crippen LogP contribution < -0.4 is 4.90 Å². The molecule has 0 amide bonds. The monoisotopic (exact) mass is 357 g/mol. The molecule has 1 unspecified atom stereocenters. The summed E-state index contributed by atoms with van der Waals surface area (Å²) in [5.74, 6) is -0.270. The van der Waals surface area contributed by atoms with Crippen LogP contribution in [0, 0.1) is 19.7 Å². The Hall–Kier alpha value is -2.05. The molecule has 2 aromatic heterocycles. The van der Waals surface area contributed by atoms with Gasteiger partial charge in [-0.3, -0.25) is 0 Å². The van der Waals surface area contributed by atoms with Gasteiger partial charge in [0.2, 0.25) is 0 Å². The number of nitrogens with zero attached hydrogens (tertiary/aromatic N) is 3. The van der Waals surface area contributed by atoms with Crippen LogP contribution in [0.3, 0.4) is 0 Å². The molecule has 3 heterocycles. The molecule has 0 aliphatic carbocycles. The first-order chi connectivity index (χ1) is 12.1. The maximum absolute atomic E-state index is 14.1. The molecule has 0 spiro atoms. The maximum Gasteiger partial charge on any atom is 0.149 e. The topological polar surface area (TPSA) is 38.2 Å². The molecule has 6 heteroatoms. The molecule has 1 saturated heterocycles. The van der Waals surface area contributed by atoms with Crippen molar-refractivity contribution in [3.05, 3.63) is 51.9 Å². The average Bonchev–Trinajstić information content (AvgIpc) is 3.22. The van der Waals surface area contributed by atoms with Crippen LogP contribution in [-0.2, 0) is 11.3 Å². The van der Waals surface area contributed by atoms with Crippen LogP contribution in [0.1, 0.15) is 22.8 Å². The number of pyridine rings is 1. The molecule has 0 saturated carbocycles. The van der Waals surface area contributed by atoms with Gasteiger partial charge in [0.05, 0.1) is 23.4 Å². The quantitative estimate of drug-likeness (QED) is 0.700. The van der Waals surface area contributed by atoms with Crippen LogP contribution in [0.2, 0.25) is 0 Å². The van der Waals surface area contributed by atoms with Crippen LogP contribution in [0.5, 0.6) is 0 Å². The summed E-state index contributed by atoms with van der Waals surface area (Å²) in [4.78, 5) is 11.1. The lowest BCUT2D eigenvalue weighted by Crippen LogP contribution is -2.23. The van der Waals surface area contributed by atoms with E-state index in [-0.39, 0.29) is 11.9 Å². The number of anilines is 1. The van der Waals surface area contributed by atoms with Crippen LogP contribution >= 0.6 is 11.3 Å². The first-order valence-electron chi connectivity index (χ1n) is 8.43. The minimum Gasteiger partial charge on any atom is -0.370 e. The fourth-order valence-electron chi connectivity index (χ4n) is 3.34. The zero-order valence-corrected chi connectivity index (χ0v) is 15.1. The van der Waals surface area contributed by atoms with Gasteiger partial charge in [0.15, 0.2) is 0 Å². The zero-order valence-electron chi connectivity index (χ0n) is 14.3. The Labute approximate surface area is 150 Å². The number of ether oxygens (including phenoxy) is 1. The predicted octanol–water partition coefficient (Wildman–Crippen LogP) is 4.24. The van der Waals surface area contributed by atoms with Gasteiger partial charge in [-0.25, -0.2) is 14.4 Å². The number of para-hydroxylation sites is 1. The van der Waals surface area contributed by atoms with E-state index in [1.54, 1.807) is 17.4 Å². The highest BCUT2D eigenvalue weighted by atomic mass is 32.1. The standard InChI is InChI=1S/C19H20FN3OS/c1-12-8-18(16-4-3-5-17(20)19(16)21-12)23-7-6-15(9-23)24-10-14-11-25-13(2)22-14/h3-5,8,11,15H,6-7,9-10H2,1-2H3. The number of hydrogen-bond acceptors (Lipinski definition) is 5. The zero-order chi connectivity index (χ0) is 17.4. The van der Waals surface area contributed by atoms with Crippen molar-refractivity contribution in [3.63, 3.8) is 0 Å². The second-order valence-electron chi connectivity index (χ2n) is 6.44. The van der Waals surface area contributed by atoms with E-state index in [1.165, 1.54) is 6.07 Å². The highest BCUT2D eigenvalue weighted by Crippen LogP contribution is 2.31. The number of halogens is 1. The van der Waals surface area contributed by atoms with Gasteiger partial charge in [0, 0.05) is 35.2 Å². The van der Waals surface area contributed by atoms with Crippen LogP contribution in [0.4, 0.5) is 10.1 Å². The SMILES string of the molecule is Cc1cc(N2CCC(OCc3csc(C)n3)C2)c2cccc(F)c2n1. The first-order valence-corrected chi connectivity index (χ1v) is 9.31. The lowest BCUT2D eigenvalue weighted by molar-refractivity contribution is 0.0536. The second kappa shape index (κ2) is 6.69. The van der Waals surface area contributed by atoms with E-state index in [1.807, 2.05) is 31.4 Å².